The first-order valence-corrected chi connectivity index (χ1v) is 0.558. The molecule has 0 aromatic rings. The van der Waals surface area contributed by atoms with Gasteiger partial charge in [-0.3, -0.25) is 0 Å². The third-order valence-electron chi connectivity index (χ3n) is 0. The molecule has 0 aliphatic carbocycles. The summed E-state index contributed by atoms with van der Waals surface area (Å²) in [5.41, 5.74) is 0. The van der Waals surface area contributed by atoms with Gasteiger partial charge in [-0.2, -0.15) is 0 Å². The van der Waals surface area contributed by atoms with Gasteiger partial charge in [0.25, 0.3) is 0 Å². The Kier molecular flexibility index (Phi) is 27.6. The first-order valence-electron chi connectivity index (χ1n) is 0.558. The van der Waals surface area contributed by atoms with Crippen LogP contribution in [-0.4, -0.2) is 5.94 Å². The minimum atomic E-state index is 0. The summed E-state index contributed by atoms with van der Waals surface area (Å²) in [7, 11) is 0. The standard InChI is InChI=1S/C2H2O.Mn/c1-2-3;/h1H2;. The number of carbonyl (C=O) groups excluding carboxylic acids is 1. The van der Waals surface area contributed by atoms with Crippen LogP contribution in [0.1, 0.15) is 0 Å². The number of hydrogen-bond donors (Lipinski definition) is 0. The van der Waals surface area contributed by atoms with Gasteiger partial charge in [0.15, 0.2) is 0 Å². The molecule has 0 aliphatic heterocycles. The molecule has 2 heteroatoms. The van der Waals surface area contributed by atoms with Gasteiger partial charge in [-0.05, 0) is 6.58 Å². The Bertz CT molecular complexity index is 27.0. The Morgan fingerprint density at radius 3 is 1.75 bits per heavy atom. The van der Waals surface area contributed by atoms with Crippen molar-refractivity contribution < 1.29 is 21.9 Å². The van der Waals surface area contributed by atoms with Crippen molar-refractivity contribution in [2.45, 2.75) is 0 Å². The molecule has 1 nitrogen and oxygen atoms in total. The zero-order valence-corrected chi connectivity index (χ0v) is 3.17. The van der Waals surface area contributed by atoms with E-state index in [1.807, 2.05) is 0 Å². The van der Waals surface area contributed by atoms with Crippen molar-refractivity contribution in [2.24, 2.45) is 0 Å². The average molecular weight is 97.0 g/mol. The molecule has 0 amide bonds. The molecule has 0 fully saturated rings. The second kappa shape index (κ2) is 12.3. The molecule has 0 aliphatic rings. The molecule has 0 atom stereocenters. The van der Waals surface area contributed by atoms with E-state index in [-0.39, 0.29) is 17.1 Å². The fraction of sp³-hybridized carbons (Fsp3) is 0. The summed E-state index contributed by atoms with van der Waals surface area (Å²) >= 11 is 0. The van der Waals surface area contributed by atoms with Crippen LogP contribution in [0.15, 0.2) is 6.58 Å². The van der Waals surface area contributed by atoms with E-state index in [4.69, 9.17) is 4.79 Å². The maximum Gasteiger partial charge on any atom is 0.116 e. The molecule has 4 heavy (non-hydrogen) atoms. The Hall–Kier alpha value is -0.0305. The van der Waals surface area contributed by atoms with Gasteiger partial charge in [-0.15, -0.1) is 0 Å². The molecule has 0 aromatic carbocycles. The van der Waals surface area contributed by atoms with E-state index in [0.29, 0.717) is 0 Å². The van der Waals surface area contributed by atoms with Gasteiger partial charge in [0.1, 0.15) is 5.94 Å². The van der Waals surface area contributed by atoms with Crippen LogP contribution in [0.4, 0.5) is 0 Å². The third kappa shape index (κ3) is 1990. The van der Waals surface area contributed by atoms with Crippen LogP contribution in [0.2, 0.25) is 0 Å². The second-order valence-electron chi connectivity index (χ2n) is 0.144. The van der Waals surface area contributed by atoms with Crippen molar-refractivity contribution in [3.05, 3.63) is 6.58 Å². The Labute approximate surface area is 35.2 Å². The SMILES string of the molecule is C=C=O.[Mn]. The van der Waals surface area contributed by atoms with Gasteiger partial charge in [-0.1, -0.05) is 0 Å². The molecule has 0 N–H and O–H groups in total. The van der Waals surface area contributed by atoms with Gasteiger partial charge in [0.05, 0.1) is 0 Å². The van der Waals surface area contributed by atoms with E-state index in [9.17, 15) is 0 Å². The first-order chi connectivity index (χ1) is 1.41. The van der Waals surface area contributed by atoms with E-state index < -0.39 is 0 Å². The van der Waals surface area contributed by atoms with Crippen molar-refractivity contribution >= 4 is 5.94 Å². The van der Waals surface area contributed by atoms with Gasteiger partial charge in [0.2, 0.25) is 0 Å². The van der Waals surface area contributed by atoms with Crippen LogP contribution < -0.4 is 0 Å². The molecule has 0 rings (SSSR count). The van der Waals surface area contributed by atoms with E-state index in [1.165, 1.54) is 5.94 Å². The largest absolute Gasteiger partial charge is 0.234 e. The van der Waals surface area contributed by atoms with Crippen LogP contribution in [0, 0.1) is 0 Å². The topological polar surface area (TPSA) is 17.1 Å². The van der Waals surface area contributed by atoms with Crippen LogP contribution in [0.3, 0.4) is 0 Å². The Morgan fingerprint density at radius 1 is 1.75 bits per heavy atom. The molecule has 0 heterocycles. The molecular formula is C2H2MnO. The van der Waals surface area contributed by atoms with Crippen molar-refractivity contribution in [1.29, 1.82) is 0 Å². The van der Waals surface area contributed by atoms with Crippen molar-refractivity contribution in [1.82, 2.24) is 0 Å². The van der Waals surface area contributed by atoms with Gasteiger partial charge < -0.3 is 0 Å². The van der Waals surface area contributed by atoms with E-state index in [2.05, 4.69) is 6.58 Å². The van der Waals surface area contributed by atoms with Gasteiger partial charge in [0, 0.05) is 17.1 Å². The predicted molar refractivity (Wildman–Crippen MR) is 11.3 cm³/mol. The summed E-state index contributed by atoms with van der Waals surface area (Å²) in [4.78, 5) is 8.57. The maximum atomic E-state index is 8.57. The average Bonchev–Trinajstić information content (AvgIpc) is 0.918. The second-order valence-corrected chi connectivity index (χ2v) is 0.144. The first kappa shape index (κ1) is 9.02. The molecule has 0 saturated heterocycles. The molecule has 23 valence electrons. The van der Waals surface area contributed by atoms with Crippen molar-refractivity contribution in [2.75, 3.05) is 0 Å². The summed E-state index contributed by atoms with van der Waals surface area (Å²) in [6.07, 6.45) is 0. The van der Waals surface area contributed by atoms with Crippen molar-refractivity contribution in [3.8, 4) is 0 Å². The zero-order chi connectivity index (χ0) is 2.71. The normalized spacial score (nSPS) is 2.00. The Balaban J connectivity index is 0. The van der Waals surface area contributed by atoms with E-state index in [0.717, 1.165) is 0 Å². The molecule has 0 bridgehead atoms. The minimum absolute atomic E-state index is 0. The van der Waals surface area contributed by atoms with Crippen LogP contribution in [0.25, 0.3) is 0 Å². The molecule has 0 unspecified atom stereocenters. The van der Waals surface area contributed by atoms with E-state index in [1.54, 1.807) is 0 Å². The number of rotatable bonds is 0. The Morgan fingerprint density at radius 2 is 1.75 bits per heavy atom. The minimum Gasteiger partial charge on any atom is -0.234 e. The molecule has 0 spiro atoms. The van der Waals surface area contributed by atoms with Gasteiger partial charge in [-0.25, -0.2) is 4.79 Å². The number of hydrogen-bond acceptors (Lipinski definition) is 1. The summed E-state index contributed by atoms with van der Waals surface area (Å²) < 4.78 is 0. The maximum absolute atomic E-state index is 8.57. The van der Waals surface area contributed by atoms with Crippen LogP contribution in [-0.2, 0) is 21.9 Å². The molecule has 0 saturated carbocycles. The fourth-order valence-electron chi connectivity index (χ4n) is 0. The smallest absolute Gasteiger partial charge is 0.116 e. The predicted octanol–water partition coefficient (Wildman–Crippen LogP) is 0.00150. The van der Waals surface area contributed by atoms with Gasteiger partial charge >= 0.3 is 0 Å². The molecule has 1 radical (unpaired) electrons. The summed E-state index contributed by atoms with van der Waals surface area (Å²) in [6, 6.07) is 0. The molecule has 0 aromatic heterocycles. The summed E-state index contributed by atoms with van der Waals surface area (Å²) in [5.74, 6) is 1.25. The quantitative estimate of drug-likeness (QED) is 0.307. The van der Waals surface area contributed by atoms with E-state index >= 15 is 0 Å². The van der Waals surface area contributed by atoms with Crippen molar-refractivity contribution in [3.63, 3.8) is 0 Å². The van der Waals surface area contributed by atoms with Crippen LogP contribution >= 0.6 is 0 Å². The summed E-state index contributed by atoms with van der Waals surface area (Å²) in [5, 5.41) is 0. The monoisotopic (exact) mass is 96.9 g/mol. The van der Waals surface area contributed by atoms with Crippen LogP contribution in [0.5, 0.6) is 0 Å². The summed E-state index contributed by atoms with van der Waals surface area (Å²) in [6.45, 7) is 2.68. The molecular weight excluding hydrogens is 95.0 g/mol. The third-order valence-corrected chi connectivity index (χ3v) is 0. The zero-order valence-electron chi connectivity index (χ0n) is 1.99. The fourth-order valence-corrected chi connectivity index (χ4v) is 0.